The van der Waals surface area contributed by atoms with Gasteiger partial charge in [-0.05, 0) is 59.5 Å². The van der Waals surface area contributed by atoms with E-state index < -0.39 is 18.0 Å². The highest BCUT2D eigenvalue weighted by atomic mass is 16.5. The van der Waals surface area contributed by atoms with E-state index >= 15 is 0 Å². The summed E-state index contributed by atoms with van der Waals surface area (Å²) < 4.78 is 16.8. The summed E-state index contributed by atoms with van der Waals surface area (Å²) in [5.74, 6) is 0.619. The molecule has 39 heavy (non-hydrogen) atoms. The average molecular weight is 519 g/mol. The zero-order valence-electron chi connectivity index (χ0n) is 21.5. The molecule has 1 amide bonds. The van der Waals surface area contributed by atoms with Crippen LogP contribution in [0.25, 0.3) is 21.5 Å². The number of methoxy groups -OCH3 is 1. The predicted octanol–water partition coefficient (Wildman–Crippen LogP) is 6.14. The molecule has 0 aliphatic heterocycles. The molecule has 194 valence electrons. The number of fused-ring (bicyclic) bond motifs is 2. The molecule has 1 N–H and O–H groups in total. The molecule has 0 saturated heterocycles. The molecule has 0 fully saturated rings. The standard InChI is InChI=1S/C32H26N2O5/c1-21(38-29-13-7-10-22-8-4-6-12-27(22)29)31(35)34-33-20-28-26-11-5-3-9-23(26)16-19-30(28)39-32(36)24-14-17-25(37-2)18-15-24/h3-21H,1-2H3,(H,34,35). The first-order chi connectivity index (χ1) is 19.0. The van der Waals surface area contributed by atoms with Crippen molar-refractivity contribution in [3.05, 3.63) is 114 Å². The SMILES string of the molecule is COc1ccc(C(=O)Oc2ccc3ccccc3c2C=NNC(=O)C(C)Oc2cccc3ccccc23)cc1. The summed E-state index contributed by atoms with van der Waals surface area (Å²) in [6.07, 6.45) is 0.675. The van der Waals surface area contributed by atoms with Gasteiger partial charge in [0.2, 0.25) is 0 Å². The smallest absolute Gasteiger partial charge is 0.343 e. The second kappa shape index (κ2) is 11.5. The number of esters is 1. The number of carbonyl (C=O) groups is 2. The first-order valence-electron chi connectivity index (χ1n) is 12.4. The minimum atomic E-state index is -0.798. The summed E-state index contributed by atoms with van der Waals surface area (Å²) in [5.41, 5.74) is 3.47. The molecule has 0 bridgehead atoms. The molecule has 5 aromatic rings. The predicted molar refractivity (Wildman–Crippen MR) is 152 cm³/mol. The molecule has 5 rings (SSSR count). The van der Waals surface area contributed by atoms with E-state index in [0.29, 0.717) is 28.4 Å². The molecule has 0 aliphatic carbocycles. The third-order valence-corrected chi connectivity index (χ3v) is 6.25. The number of nitrogens with zero attached hydrogens (tertiary/aromatic N) is 1. The van der Waals surface area contributed by atoms with Crippen molar-refractivity contribution in [2.24, 2.45) is 5.10 Å². The lowest BCUT2D eigenvalue weighted by Crippen LogP contribution is -2.33. The van der Waals surface area contributed by atoms with Gasteiger partial charge in [0, 0.05) is 10.9 Å². The molecule has 0 aliphatic rings. The quantitative estimate of drug-likeness (QED) is 0.115. The fourth-order valence-electron chi connectivity index (χ4n) is 4.18. The molecule has 1 unspecified atom stereocenters. The van der Waals surface area contributed by atoms with Crippen molar-refractivity contribution in [3.8, 4) is 17.2 Å². The van der Waals surface area contributed by atoms with Gasteiger partial charge in [0.25, 0.3) is 5.91 Å². The number of nitrogens with one attached hydrogen (secondary N) is 1. The average Bonchev–Trinajstić information content (AvgIpc) is 2.98. The Morgan fingerprint density at radius 3 is 2.18 bits per heavy atom. The molecule has 1 atom stereocenters. The van der Waals surface area contributed by atoms with Crippen LogP contribution in [0.3, 0.4) is 0 Å². The van der Waals surface area contributed by atoms with Gasteiger partial charge in [0.15, 0.2) is 6.10 Å². The molecule has 5 aromatic carbocycles. The van der Waals surface area contributed by atoms with E-state index in [-0.39, 0.29) is 0 Å². The van der Waals surface area contributed by atoms with Gasteiger partial charge >= 0.3 is 5.97 Å². The third-order valence-electron chi connectivity index (χ3n) is 6.25. The number of hydrogen-bond donors (Lipinski definition) is 1. The Labute approximate surface area is 225 Å². The fourth-order valence-corrected chi connectivity index (χ4v) is 4.18. The topological polar surface area (TPSA) is 86.2 Å². The van der Waals surface area contributed by atoms with Gasteiger partial charge in [-0.2, -0.15) is 5.10 Å². The molecule has 0 spiro atoms. The Balaban J connectivity index is 1.34. The van der Waals surface area contributed by atoms with E-state index in [9.17, 15) is 9.59 Å². The maximum atomic E-state index is 12.8. The van der Waals surface area contributed by atoms with Crippen LogP contribution in [0.4, 0.5) is 0 Å². The van der Waals surface area contributed by atoms with Gasteiger partial charge in [-0.15, -0.1) is 0 Å². The number of hydrazone groups is 1. The van der Waals surface area contributed by atoms with Gasteiger partial charge in [0.1, 0.15) is 17.2 Å². The number of benzene rings is 5. The summed E-state index contributed by atoms with van der Waals surface area (Å²) >= 11 is 0. The van der Waals surface area contributed by atoms with Crippen LogP contribution in [0.1, 0.15) is 22.8 Å². The second-order valence-corrected chi connectivity index (χ2v) is 8.79. The van der Waals surface area contributed by atoms with Crippen molar-refractivity contribution in [1.29, 1.82) is 0 Å². The lowest BCUT2D eigenvalue weighted by Gasteiger charge is -2.15. The van der Waals surface area contributed by atoms with Crippen LogP contribution in [0, 0.1) is 0 Å². The Hall–Kier alpha value is -5.17. The van der Waals surface area contributed by atoms with Crippen LogP contribution in [-0.4, -0.2) is 31.3 Å². The largest absolute Gasteiger partial charge is 0.497 e. The van der Waals surface area contributed by atoms with Gasteiger partial charge in [-0.1, -0.05) is 66.7 Å². The molecule has 0 heterocycles. The zero-order chi connectivity index (χ0) is 27.2. The van der Waals surface area contributed by atoms with Crippen molar-refractivity contribution in [2.75, 3.05) is 7.11 Å². The normalized spacial score (nSPS) is 11.8. The van der Waals surface area contributed by atoms with Crippen LogP contribution in [0.2, 0.25) is 0 Å². The number of rotatable bonds is 8. The highest BCUT2D eigenvalue weighted by Crippen LogP contribution is 2.28. The molecule has 0 radical (unpaired) electrons. The number of amides is 1. The summed E-state index contributed by atoms with van der Waals surface area (Å²) in [6.45, 7) is 1.66. The molecule has 7 nitrogen and oxygen atoms in total. The van der Waals surface area contributed by atoms with Crippen molar-refractivity contribution in [3.63, 3.8) is 0 Å². The maximum Gasteiger partial charge on any atom is 0.343 e. The third kappa shape index (κ3) is 5.72. The van der Waals surface area contributed by atoms with Gasteiger partial charge in [0.05, 0.1) is 18.9 Å². The summed E-state index contributed by atoms with van der Waals surface area (Å²) in [7, 11) is 1.56. The van der Waals surface area contributed by atoms with Crippen molar-refractivity contribution in [2.45, 2.75) is 13.0 Å². The molecule has 7 heteroatoms. The number of carbonyl (C=O) groups excluding carboxylic acids is 2. The molecule has 0 saturated carbocycles. The monoisotopic (exact) mass is 518 g/mol. The molecule has 0 aromatic heterocycles. The van der Waals surface area contributed by atoms with Crippen LogP contribution >= 0.6 is 0 Å². The summed E-state index contributed by atoms with van der Waals surface area (Å²) in [6, 6.07) is 31.4. The molecular formula is C32H26N2O5. The van der Waals surface area contributed by atoms with Gasteiger partial charge < -0.3 is 14.2 Å². The summed E-state index contributed by atoms with van der Waals surface area (Å²) in [4.78, 5) is 25.6. The van der Waals surface area contributed by atoms with E-state index in [0.717, 1.165) is 21.5 Å². The lowest BCUT2D eigenvalue weighted by molar-refractivity contribution is -0.127. The first-order valence-corrected chi connectivity index (χ1v) is 12.4. The van der Waals surface area contributed by atoms with Crippen LogP contribution in [0.5, 0.6) is 17.2 Å². The minimum absolute atomic E-state index is 0.313. The van der Waals surface area contributed by atoms with E-state index in [2.05, 4.69) is 10.5 Å². The van der Waals surface area contributed by atoms with Gasteiger partial charge in [-0.3, -0.25) is 4.79 Å². The lowest BCUT2D eigenvalue weighted by atomic mass is 10.0. The maximum absolute atomic E-state index is 12.8. The van der Waals surface area contributed by atoms with Crippen LogP contribution in [-0.2, 0) is 4.79 Å². The Morgan fingerprint density at radius 1 is 0.769 bits per heavy atom. The van der Waals surface area contributed by atoms with E-state index in [1.54, 1.807) is 44.4 Å². The zero-order valence-corrected chi connectivity index (χ0v) is 21.5. The van der Waals surface area contributed by atoms with Crippen molar-refractivity contribution in [1.82, 2.24) is 5.43 Å². The Morgan fingerprint density at radius 2 is 1.44 bits per heavy atom. The summed E-state index contributed by atoms with van der Waals surface area (Å²) in [5, 5.41) is 7.86. The molecular weight excluding hydrogens is 492 g/mol. The number of ether oxygens (including phenoxy) is 3. The van der Waals surface area contributed by atoms with E-state index in [1.165, 1.54) is 6.21 Å². The van der Waals surface area contributed by atoms with E-state index in [4.69, 9.17) is 14.2 Å². The van der Waals surface area contributed by atoms with Gasteiger partial charge in [-0.25, -0.2) is 10.2 Å². The van der Waals surface area contributed by atoms with Crippen LogP contribution < -0.4 is 19.6 Å². The van der Waals surface area contributed by atoms with E-state index in [1.807, 2.05) is 72.8 Å². The highest BCUT2D eigenvalue weighted by molar-refractivity contribution is 6.04. The second-order valence-electron chi connectivity index (χ2n) is 8.79. The fraction of sp³-hybridized carbons (Fsp3) is 0.0938. The van der Waals surface area contributed by atoms with Crippen LogP contribution in [0.15, 0.2) is 108 Å². The van der Waals surface area contributed by atoms with Crippen molar-refractivity contribution >= 4 is 39.6 Å². The first kappa shape index (κ1) is 25.5. The Kier molecular flexibility index (Phi) is 7.50. The number of hydrogen-bond acceptors (Lipinski definition) is 6. The highest BCUT2D eigenvalue weighted by Gasteiger charge is 2.17. The minimum Gasteiger partial charge on any atom is -0.497 e. The van der Waals surface area contributed by atoms with Crippen molar-refractivity contribution < 1.29 is 23.8 Å². The Bertz CT molecular complexity index is 1670.